The van der Waals surface area contributed by atoms with E-state index in [0.717, 1.165) is 23.6 Å². The van der Waals surface area contributed by atoms with E-state index in [1.54, 1.807) is 7.05 Å². The molecule has 2 heterocycles. The van der Waals surface area contributed by atoms with Crippen LogP contribution in [0.3, 0.4) is 0 Å². The largest absolute Gasteiger partial charge is 0.593 e. The molecule has 2 N–H and O–H groups in total. The van der Waals surface area contributed by atoms with E-state index < -0.39 is 52.3 Å². The van der Waals surface area contributed by atoms with Crippen molar-refractivity contribution in [3.05, 3.63) is 80.5 Å². The Hall–Kier alpha value is -3.22. The van der Waals surface area contributed by atoms with E-state index in [0.29, 0.717) is 0 Å². The molecule has 1 aliphatic rings. The van der Waals surface area contributed by atoms with Crippen molar-refractivity contribution in [2.75, 3.05) is 18.0 Å². The van der Waals surface area contributed by atoms with Crippen LogP contribution in [-0.4, -0.2) is 53.6 Å². The maximum atomic E-state index is 14.1. The minimum absolute atomic E-state index is 0.00497. The third kappa shape index (κ3) is 7.66. The lowest BCUT2D eigenvalue weighted by Gasteiger charge is -2.22. The third-order valence-corrected chi connectivity index (χ3v) is 10.3. The van der Waals surface area contributed by atoms with E-state index in [1.807, 2.05) is 20.1 Å². The number of nitrogens with one attached hydrogen (secondary N) is 2. The van der Waals surface area contributed by atoms with Crippen molar-refractivity contribution in [1.29, 1.82) is 0 Å². The van der Waals surface area contributed by atoms with Gasteiger partial charge in [0.2, 0.25) is 5.82 Å². The number of halogens is 5. The zero-order valence-electron chi connectivity index (χ0n) is 25.3. The second kappa shape index (κ2) is 13.9. The van der Waals surface area contributed by atoms with Gasteiger partial charge in [0.05, 0.1) is 43.8 Å². The summed E-state index contributed by atoms with van der Waals surface area (Å²) in [5.41, 5.74) is 0.0572. The first-order chi connectivity index (χ1) is 21.8. The summed E-state index contributed by atoms with van der Waals surface area (Å²) in [6, 6.07) is 6.51. The molecule has 2 unspecified atom stereocenters. The molecule has 0 saturated heterocycles. The maximum absolute atomic E-state index is 14.1. The van der Waals surface area contributed by atoms with Gasteiger partial charge < -0.3 is 9.87 Å². The van der Waals surface area contributed by atoms with Crippen LogP contribution in [0.5, 0.6) is 0 Å². The Morgan fingerprint density at radius 2 is 1.89 bits per heavy atom. The molecule has 1 fully saturated rings. The molecule has 244 valence electrons. The minimum Gasteiger partial charge on any atom is -0.593 e. The van der Waals surface area contributed by atoms with Crippen LogP contribution in [0.25, 0.3) is 16.6 Å². The number of hydrogen-bond acceptors (Lipinski definition) is 7. The molecule has 5 rings (SSSR count). The van der Waals surface area contributed by atoms with E-state index in [-0.39, 0.29) is 56.2 Å². The van der Waals surface area contributed by atoms with Crippen molar-refractivity contribution in [1.82, 2.24) is 24.6 Å². The zero-order chi connectivity index (χ0) is 33.3. The van der Waals surface area contributed by atoms with Crippen LogP contribution in [0.15, 0.2) is 41.2 Å². The first kappa shape index (κ1) is 34.1. The van der Waals surface area contributed by atoms with Gasteiger partial charge in [-0.3, -0.25) is 14.0 Å². The van der Waals surface area contributed by atoms with Crippen molar-refractivity contribution in [2.45, 2.75) is 62.1 Å². The number of nitrogens with zero attached hydrogens (tertiary/aromatic N) is 4. The van der Waals surface area contributed by atoms with Gasteiger partial charge in [0.25, 0.3) is 12.0 Å². The number of hydrogen-bond donors (Lipinski definition) is 2. The lowest BCUT2D eigenvalue weighted by atomic mass is 10.0. The number of fused-ring (bicyclic) bond motifs is 1. The van der Waals surface area contributed by atoms with Gasteiger partial charge in [0.15, 0.2) is 0 Å². The highest BCUT2D eigenvalue weighted by Gasteiger charge is 2.36. The molecule has 0 amide bonds. The first-order valence-electron chi connectivity index (χ1n) is 14.3. The fourth-order valence-corrected chi connectivity index (χ4v) is 6.29. The van der Waals surface area contributed by atoms with Crippen LogP contribution >= 0.6 is 23.4 Å². The van der Waals surface area contributed by atoms with Gasteiger partial charge in [-0.05, 0) is 69.3 Å². The molecule has 46 heavy (non-hydrogen) atoms. The van der Waals surface area contributed by atoms with Crippen LogP contribution < -0.4 is 15.6 Å². The van der Waals surface area contributed by atoms with E-state index in [4.69, 9.17) is 16.6 Å². The predicted octanol–water partition coefficient (Wildman–Crippen LogP) is 6.01. The predicted molar refractivity (Wildman–Crippen MR) is 175 cm³/mol. The Morgan fingerprint density at radius 1 is 1.20 bits per heavy atom. The Bertz CT molecular complexity index is 1870. The standard InChI is InChI=1S/C31H31ClF4N6O2S2/c1-31(2,45-4)10-9-20-15-26(43)42(30(38-20)23(37-3)13-17-11-18(33)14-19(34)12-17)24-8-7-22(32)27-28(24)41(16-25(35)36)39-29(27)40-46(44)21-5-6-21/h7-8,11-12,14-15,21,23,25,37H,5-6,13,16H2,1-4H3,(H,39,40). The van der Waals surface area contributed by atoms with Crippen molar-refractivity contribution >= 4 is 51.4 Å². The Balaban J connectivity index is 1.76. The smallest absolute Gasteiger partial charge is 0.259 e. The second-order valence-electron chi connectivity index (χ2n) is 11.3. The van der Waals surface area contributed by atoms with Gasteiger partial charge in [0, 0.05) is 25.0 Å². The van der Waals surface area contributed by atoms with Gasteiger partial charge in [0.1, 0.15) is 34.9 Å². The van der Waals surface area contributed by atoms with E-state index in [1.165, 1.54) is 46.7 Å². The monoisotopic (exact) mass is 694 g/mol. The quantitative estimate of drug-likeness (QED) is 0.113. The Morgan fingerprint density at radius 3 is 2.50 bits per heavy atom. The number of benzene rings is 2. The van der Waals surface area contributed by atoms with Crippen molar-refractivity contribution in [3.8, 4) is 17.5 Å². The molecule has 15 heteroatoms. The molecule has 0 bridgehead atoms. The van der Waals surface area contributed by atoms with Gasteiger partial charge in [-0.1, -0.05) is 17.5 Å². The SMILES string of the molecule is CNC(Cc1cc(F)cc(F)c1)c1nc(C#CC(C)(C)SC)cc(=O)n1-c1ccc(Cl)c2c(N[S+]([O-])C3CC3)nn(CC(F)F)c12. The third-order valence-electron chi connectivity index (χ3n) is 7.37. The molecule has 2 atom stereocenters. The van der Waals surface area contributed by atoms with E-state index >= 15 is 0 Å². The van der Waals surface area contributed by atoms with Crippen molar-refractivity contribution in [2.24, 2.45) is 0 Å². The summed E-state index contributed by atoms with van der Waals surface area (Å²) in [5.74, 6) is 4.66. The number of anilines is 1. The topological polar surface area (TPSA) is 99.8 Å². The summed E-state index contributed by atoms with van der Waals surface area (Å²) in [6.07, 6.45) is 0.589. The van der Waals surface area contributed by atoms with Gasteiger partial charge in [-0.2, -0.15) is 4.72 Å². The molecule has 1 aliphatic carbocycles. The molecular formula is C31H31ClF4N6O2S2. The molecule has 2 aromatic heterocycles. The first-order valence-corrected chi connectivity index (χ1v) is 17.1. The molecule has 1 saturated carbocycles. The van der Waals surface area contributed by atoms with Gasteiger partial charge in [-0.15, -0.1) is 16.9 Å². The number of thioether (sulfide) groups is 1. The fraction of sp³-hybridized carbons (Fsp3) is 0.387. The molecular weight excluding hydrogens is 664 g/mol. The van der Waals surface area contributed by atoms with Gasteiger partial charge in [-0.25, -0.2) is 22.5 Å². The maximum Gasteiger partial charge on any atom is 0.259 e. The van der Waals surface area contributed by atoms with Crippen LogP contribution in [0, 0.1) is 23.5 Å². The highest BCUT2D eigenvalue weighted by atomic mass is 35.5. The molecule has 4 aromatic rings. The minimum atomic E-state index is -2.82. The second-order valence-corrected chi connectivity index (χ2v) is 14.6. The summed E-state index contributed by atoms with van der Waals surface area (Å²) in [4.78, 5) is 18.7. The molecule has 2 aromatic carbocycles. The average Bonchev–Trinajstić information content (AvgIpc) is 3.78. The van der Waals surface area contributed by atoms with Crippen molar-refractivity contribution in [3.63, 3.8) is 0 Å². The lowest BCUT2D eigenvalue weighted by molar-refractivity contribution is 0.123. The summed E-state index contributed by atoms with van der Waals surface area (Å²) >= 11 is 6.58. The summed E-state index contributed by atoms with van der Waals surface area (Å²) < 4.78 is 73.4. The van der Waals surface area contributed by atoms with Crippen LogP contribution in [0.4, 0.5) is 23.4 Å². The summed E-state index contributed by atoms with van der Waals surface area (Å²) in [7, 11) is 1.60. The molecule has 8 nitrogen and oxygen atoms in total. The normalized spacial score (nSPS) is 14.8. The van der Waals surface area contributed by atoms with Crippen LogP contribution in [-0.2, 0) is 24.3 Å². The van der Waals surface area contributed by atoms with Crippen LogP contribution in [0.2, 0.25) is 5.02 Å². The average molecular weight is 695 g/mol. The Labute approximate surface area is 275 Å². The fourth-order valence-electron chi connectivity index (χ4n) is 4.83. The van der Waals surface area contributed by atoms with Crippen LogP contribution in [0.1, 0.15) is 49.8 Å². The summed E-state index contributed by atoms with van der Waals surface area (Å²) in [5, 5.41) is 7.63. The van der Waals surface area contributed by atoms with Gasteiger partial charge >= 0.3 is 0 Å². The van der Waals surface area contributed by atoms with E-state index in [2.05, 4.69) is 27.0 Å². The Kier molecular flexibility index (Phi) is 10.3. The molecule has 0 aliphatic heterocycles. The van der Waals surface area contributed by atoms with E-state index in [9.17, 15) is 26.9 Å². The van der Waals surface area contributed by atoms with Crippen molar-refractivity contribution < 1.29 is 22.1 Å². The highest BCUT2D eigenvalue weighted by molar-refractivity contribution is 8.00. The zero-order valence-corrected chi connectivity index (χ0v) is 27.7. The number of alkyl halides is 2. The summed E-state index contributed by atoms with van der Waals surface area (Å²) in [6.45, 7) is 2.99. The molecule has 0 spiro atoms. The number of likely N-dealkylation sites (N-methyl/N-ethyl adjacent to an activating group) is 1. The number of rotatable bonds is 11. The molecule has 0 radical (unpaired) electrons. The lowest BCUT2D eigenvalue weighted by Crippen LogP contribution is -2.31. The highest BCUT2D eigenvalue weighted by Crippen LogP contribution is 2.38. The number of aromatic nitrogens is 4.